The maximum Gasteiger partial charge on any atom is 0.183 e. The number of aromatic amines is 1. The first-order chi connectivity index (χ1) is 7.66. The maximum absolute atomic E-state index is 5.84. The fourth-order valence-electron chi connectivity index (χ4n) is 1.33. The van der Waals surface area contributed by atoms with Crippen LogP contribution in [0, 0.1) is 13.8 Å². The van der Waals surface area contributed by atoms with E-state index in [2.05, 4.69) is 15.2 Å². The van der Waals surface area contributed by atoms with E-state index in [4.69, 9.17) is 5.73 Å². The summed E-state index contributed by atoms with van der Waals surface area (Å²) in [4.78, 5) is 4.24. The van der Waals surface area contributed by atoms with Crippen molar-refractivity contribution in [3.8, 4) is 11.4 Å². The van der Waals surface area contributed by atoms with Gasteiger partial charge >= 0.3 is 0 Å². The number of benzene rings is 1. The van der Waals surface area contributed by atoms with E-state index >= 15 is 0 Å². The van der Waals surface area contributed by atoms with Crippen LogP contribution in [0.25, 0.3) is 11.4 Å². The van der Waals surface area contributed by atoms with E-state index in [0.29, 0.717) is 11.5 Å². The van der Waals surface area contributed by atoms with E-state index in [1.807, 2.05) is 45.9 Å². The van der Waals surface area contributed by atoms with Crippen LogP contribution in [0.15, 0.2) is 18.2 Å². The number of nitrogen functional groups attached to an aromatic ring is 1. The molecule has 0 radical (unpaired) electrons. The molecule has 0 saturated heterocycles. The van der Waals surface area contributed by atoms with Gasteiger partial charge in [0.15, 0.2) is 5.82 Å². The van der Waals surface area contributed by atoms with Gasteiger partial charge < -0.3 is 5.73 Å². The van der Waals surface area contributed by atoms with Gasteiger partial charge in [-0.1, -0.05) is 25.5 Å². The van der Waals surface area contributed by atoms with Crippen LogP contribution in [0.1, 0.15) is 25.2 Å². The van der Waals surface area contributed by atoms with Crippen molar-refractivity contribution in [1.29, 1.82) is 0 Å². The Morgan fingerprint density at radius 2 is 1.88 bits per heavy atom. The average molecular weight is 218 g/mol. The second-order valence-corrected chi connectivity index (χ2v) is 3.34. The molecule has 0 amide bonds. The lowest BCUT2D eigenvalue weighted by atomic mass is 10.1. The van der Waals surface area contributed by atoms with Crippen molar-refractivity contribution in [3.05, 3.63) is 29.6 Å². The van der Waals surface area contributed by atoms with Gasteiger partial charge in [-0.3, -0.25) is 5.10 Å². The lowest BCUT2D eigenvalue weighted by Crippen LogP contribution is -1.92. The molecule has 2 rings (SSSR count). The van der Waals surface area contributed by atoms with Gasteiger partial charge in [0.25, 0.3) is 0 Å². The molecular formula is C12H18N4. The Morgan fingerprint density at radius 1 is 1.19 bits per heavy atom. The molecule has 1 heterocycles. The van der Waals surface area contributed by atoms with E-state index in [0.717, 1.165) is 17.0 Å². The normalized spacial score (nSPS) is 9.50. The summed E-state index contributed by atoms with van der Waals surface area (Å²) in [5.74, 6) is 1.45. The Labute approximate surface area is 95.9 Å². The Kier molecular flexibility index (Phi) is 4.05. The lowest BCUT2D eigenvalue weighted by Gasteiger charge is -2.01. The molecule has 0 aliphatic rings. The zero-order valence-electron chi connectivity index (χ0n) is 10.2. The van der Waals surface area contributed by atoms with E-state index < -0.39 is 0 Å². The summed E-state index contributed by atoms with van der Waals surface area (Å²) in [6.45, 7) is 7.88. The van der Waals surface area contributed by atoms with E-state index in [1.165, 1.54) is 0 Å². The highest BCUT2D eigenvalue weighted by atomic mass is 15.2. The van der Waals surface area contributed by atoms with Crippen molar-refractivity contribution in [2.45, 2.75) is 27.7 Å². The number of aromatic nitrogens is 3. The largest absolute Gasteiger partial charge is 0.398 e. The maximum atomic E-state index is 5.84. The van der Waals surface area contributed by atoms with Gasteiger partial charge in [-0.25, -0.2) is 4.98 Å². The molecule has 0 saturated carbocycles. The second-order valence-electron chi connectivity index (χ2n) is 3.34. The molecule has 0 aliphatic carbocycles. The first-order valence-corrected chi connectivity index (χ1v) is 5.42. The number of hydrogen-bond donors (Lipinski definition) is 2. The molecule has 0 aliphatic heterocycles. The summed E-state index contributed by atoms with van der Waals surface area (Å²) in [7, 11) is 0. The summed E-state index contributed by atoms with van der Waals surface area (Å²) in [6.07, 6.45) is 0. The number of rotatable bonds is 1. The third-order valence-corrected chi connectivity index (χ3v) is 2.05. The van der Waals surface area contributed by atoms with Crippen LogP contribution in [-0.4, -0.2) is 15.2 Å². The molecule has 1 aromatic carbocycles. The summed E-state index contributed by atoms with van der Waals surface area (Å²) in [6, 6.07) is 5.83. The van der Waals surface area contributed by atoms with Crippen molar-refractivity contribution in [2.24, 2.45) is 0 Å². The number of aryl methyl sites for hydroxylation is 2. The molecule has 4 heteroatoms. The minimum atomic E-state index is 0.656. The molecule has 0 atom stereocenters. The Hall–Kier alpha value is -1.84. The third kappa shape index (κ3) is 2.59. The molecule has 0 fully saturated rings. The van der Waals surface area contributed by atoms with Gasteiger partial charge in [-0.2, -0.15) is 5.10 Å². The van der Waals surface area contributed by atoms with E-state index in [9.17, 15) is 0 Å². The van der Waals surface area contributed by atoms with Gasteiger partial charge in [0.05, 0.1) is 0 Å². The highest BCUT2D eigenvalue weighted by Crippen LogP contribution is 2.23. The minimum absolute atomic E-state index is 0.656. The standard InChI is InChI=1S/C10H12N4.C2H6/c1-6-3-4-9(11)8(5-6)10-12-7(2)13-14-10;1-2/h3-5H,11H2,1-2H3,(H,12,13,14);1-2H3. The smallest absolute Gasteiger partial charge is 0.183 e. The number of nitrogens with two attached hydrogens (primary N) is 1. The van der Waals surface area contributed by atoms with Gasteiger partial charge in [0.1, 0.15) is 5.82 Å². The molecule has 4 nitrogen and oxygen atoms in total. The number of nitrogens with zero attached hydrogens (tertiary/aromatic N) is 2. The van der Waals surface area contributed by atoms with Crippen LogP contribution >= 0.6 is 0 Å². The highest BCUT2D eigenvalue weighted by Gasteiger charge is 2.07. The molecule has 16 heavy (non-hydrogen) atoms. The van der Waals surface area contributed by atoms with Gasteiger partial charge in [-0.15, -0.1) is 0 Å². The molecular weight excluding hydrogens is 200 g/mol. The molecule has 0 spiro atoms. The van der Waals surface area contributed by atoms with Crippen molar-refractivity contribution < 1.29 is 0 Å². The molecule has 1 aromatic heterocycles. The zero-order chi connectivity index (χ0) is 12.1. The van der Waals surface area contributed by atoms with Crippen molar-refractivity contribution in [3.63, 3.8) is 0 Å². The number of H-pyrrole nitrogens is 1. The first-order valence-electron chi connectivity index (χ1n) is 5.42. The summed E-state index contributed by atoms with van der Waals surface area (Å²) < 4.78 is 0. The Bertz CT molecular complexity index is 460. The predicted molar refractivity (Wildman–Crippen MR) is 67.1 cm³/mol. The van der Waals surface area contributed by atoms with E-state index in [1.54, 1.807) is 0 Å². The van der Waals surface area contributed by atoms with Crippen LogP contribution in [0.5, 0.6) is 0 Å². The number of hydrogen-bond acceptors (Lipinski definition) is 3. The summed E-state index contributed by atoms with van der Waals surface area (Å²) in [5.41, 5.74) is 8.57. The van der Waals surface area contributed by atoms with Crippen molar-refractivity contribution in [1.82, 2.24) is 15.2 Å². The number of anilines is 1. The van der Waals surface area contributed by atoms with E-state index in [-0.39, 0.29) is 0 Å². The third-order valence-electron chi connectivity index (χ3n) is 2.05. The van der Waals surface area contributed by atoms with Gasteiger partial charge in [0.2, 0.25) is 0 Å². The van der Waals surface area contributed by atoms with Crippen LogP contribution in [-0.2, 0) is 0 Å². The predicted octanol–water partition coefficient (Wildman–Crippen LogP) is 2.70. The first kappa shape index (κ1) is 12.2. The summed E-state index contributed by atoms with van der Waals surface area (Å²) >= 11 is 0. The Balaban J connectivity index is 0.000000606. The average Bonchev–Trinajstić information content (AvgIpc) is 2.71. The van der Waals surface area contributed by atoms with Gasteiger partial charge in [-0.05, 0) is 26.0 Å². The van der Waals surface area contributed by atoms with Crippen LogP contribution in [0.2, 0.25) is 0 Å². The second kappa shape index (κ2) is 5.30. The van der Waals surface area contributed by atoms with Crippen LogP contribution in [0.4, 0.5) is 5.69 Å². The van der Waals surface area contributed by atoms with Crippen molar-refractivity contribution >= 4 is 5.69 Å². The fraction of sp³-hybridized carbons (Fsp3) is 0.333. The molecule has 0 bridgehead atoms. The quantitative estimate of drug-likeness (QED) is 0.723. The molecule has 86 valence electrons. The summed E-state index contributed by atoms with van der Waals surface area (Å²) in [5, 5.41) is 6.87. The minimum Gasteiger partial charge on any atom is -0.398 e. The topological polar surface area (TPSA) is 67.6 Å². The monoisotopic (exact) mass is 218 g/mol. The Morgan fingerprint density at radius 3 is 2.44 bits per heavy atom. The SMILES string of the molecule is CC.Cc1ccc(N)c(-c2n[nH]c(C)n2)c1. The number of nitrogens with one attached hydrogen (secondary N) is 1. The highest BCUT2D eigenvalue weighted by molar-refractivity contribution is 5.71. The van der Waals surface area contributed by atoms with Gasteiger partial charge in [0, 0.05) is 11.3 Å². The lowest BCUT2D eigenvalue weighted by molar-refractivity contribution is 1.04. The van der Waals surface area contributed by atoms with Crippen molar-refractivity contribution in [2.75, 3.05) is 5.73 Å². The molecule has 2 aromatic rings. The van der Waals surface area contributed by atoms with Crippen LogP contribution < -0.4 is 5.73 Å². The fourth-order valence-corrected chi connectivity index (χ4v) is 1.33. The molecule has 0 unspecified atom stereocenters. The van der Waals surface area contributed by atoms with Crippen LogP contribution in [0.3, 0.4) is 0 Å². The molecule has 3 N–H and O–H groups in total. The zero-order valence-corrected chi connectivity index (χ0v) is 10.2.